The van der Waals surface area contributed by atoms with Crippen LogP contribution in [0.15, 0.2) is 0 Å². The fourth-order valence-corrected chi connectivity index (χ4v) is 3.60. The highest BCUT2D eigenvalue weighted by atomic mass is 32.2. The summed E-state index contributed by atoms with van der Waals surface area (Å²) < 4.78 is 29.7. The molecule has 4 nitrogen and oxygen atoms in total. The third kappa shape index (κ3) is 19.9. The summed E-state index contributed by atoms with van der Waals surface area (Å²) >= 11 is 0. The number of aliphatic hydroxyl groups is 1. The van der Waals surface area contributed by atoms with Gasteiger partial charge < -0.3 is 5.11 Å². The highest BCUT2D eigenvalue weighted by molar-refractivity contribution is 7.85. The molecule has 0 spiro atoms. The van der Waals surface area contributed by atoms with Gasteiger partial charge in [-0.25, -0.2) is 0 Å². The summed E-state index contributed by atoms with van der Waals surface area (Å²) in [6, 6.07) is 0. The van der Waals surface area contributed by atoms with Gasteiger partial charge in [-0.2, -0.15) is 8.42 Å². The average Bonchev–Trinajstić information content (AvgIpc) is 2.51. The van der Waals surface area contributed by atoms with Crippen LogP contribution in [0.4, 0.5) is 0 Å². The number of hydrogen-bond acceptors (Lipinski definition) is 3. The van der Waals surface area contributed by atoms with Crippen LogP contribution in [0.1, 0.15) is 110 Å². The summed E-state index contributed by atoms with van der Waals surface area (Å²) in [7, 11) is -3.79. The van der Waals surface area contributed by atoms with Crippen molar-refractivity contribution < 1.29 is 18.1 Å². The monoisotopic (exact) mass is 364 g/mol. The van der Waals surface area contributed by atoms with Gasteiger partial charge >= 0.3 is 0 Å². The van der Waals surface area contributed by atoms with Crippen molar-refractivity contribution >= 4 is 10.1 Å². The second-order valence-electron chi connectivity index (χ2n) is 7.11. The van der Waals surface area contributed by atoms with Crippen molar-refractivity contribution in [1.82, 2.24) is 0 Å². The first kappa shape index (κ1) is 23.9. The van der Waals surface area contributed by atoms with Crippen molar-refractivity contribution in [2.75, 3.05) is 5.75 Å². The van der Waals surface area contributed by atoms with Crippen molar-refractivity contribution in [3.05, 3.63) is 0 Å². The van der Waals surface area contributed by atoms with E-state index < -0.39 is 10.1 Å². The second-order valence-corrected chi connectivity index (χ2v) is 8.69. The van der Waals surface area contributed by atoms with Gasteiger partial charge in [0.05, 0.1) is 11.9 Å². The van der Waals surface area contributed by atoms with Crippen molar-refractivity contribution in [2.45, 2.75) is 116 Å². The van der Waals surface area contributed by atoms with Crippen LogP contribution in [0, 0.1) is 0 Å². The topological polar surface area (TPSA) is 74.6 Å². The number of rotatable bonds is 18. The molecular formula is C19H40O4S. The highest BCUT2D eigenvalue weighted by Crippen LogP contribution is 2.14. The van der Waals surface area contributed by atoms with Crippen LogP contribution in [0.25, 0.3) is 0 Å². The molecule has 0 aliphatic rings. The van der Waals surface area contributed by atoms with Crippen molar-refractivity contribution in [1.29, 1.82) is 0 Å². The maximum absolute atomic E-state index is 10.6. The Kier molecular flexibility index (Phi) is 16.3. The minimum absolute atomic E-state index is 0.131. The summed E-state index contributed by atoms with van der Waals surface area (Å²) in [5, 5.41) is 9.95. The average molecular weight is 365 g/mol. The molecular weight excluding hydrogens is 324 g/mol. The quantitative estimate of drug-likeness (QED) is 0.249. The van der Waals surface area contributed by atoms with Crippen LogP contribution in [-0.2, 0) is 10.1 Å². The van der Waals surface area contributed by atoms with E-state index in [0.29, 0.717) is 6.42 Å². The van der Waals surface area contributed by atoms with E-state index in [0.717, 1.165) is 44.9 Å². The Morgan fingerprint density at radius 1 is 0.667 bits per heavy atom. The van der Waals surface area contributed by atoms with E-state index >= 15 is 0 Å². The lowest BCUT2D eigenvalue weighted by molar-refractivity contribution is 0.147. The van der Waals surface area contributed by atoms with E-state index in [9.17, 15) is 13.5 Å². The molecule has 0 amide bonds. The van der Waals surface area contributed by atoms with E-state index in [2.05, 4.69) is 6.92 Å². The fraction of sp³-hybridized carbons (Fsp3) is 1.00. The summed E-state index contributed by atoms with van der Waals surface area (Å²) in [4.78, 5) is 0. The molecule has 0 aromatic carbocycles. The largest absolute Gasteiger partial charge is 0.393 e. The Balaban J connectivity index is 3.22. The molecule has 5 heteroatoms. The van der Waals surface area contributed by atoms with Gasteiger partial charge in [-0.1, -0.05) is 90.4 Å². The predicted octanol–water partition coefficient (Wildman–Crippen LogP) is 5.50. The third-order valence-corrected chi connectivity index (χ3v) is 5.39. The summed E-state index contributed by atoms with van der Waals surface area (Å²) in [6.45, 7) is 2.25. The Bertz CT molecular complexity index is 354. The lowest BCUT2D eigenvalue weighted by atomic mass is 10.0. The van der Waals surface area contributed by atoms with Gasteiger partial charge in [0.15, 0.2) is 0 Å². The van der Waals surface area contributed by atoms with Gasteiger partial charge in [-0.15, -0.1) is 0 Å². The molecule has 0 aliphatic heterocycles. The van der Waals surface area contributed by atoms with Crippen LogP contribution in [0.5, 0.6) is 0 Å². The van der Waals surface area contributed by atoms with Crippen molar-refractivity contribution in [3.8, 4) is 0 Å². The Labute approximate surface area is 150 Å². The van der Waals surface area contributed by atoms with Crippen molar-refractivity contribution in [2.24, 2.45) is 0 Å². The molecule has 0 rings (SSSR count). The second kappa shape index (κ2) is 16.3. The molecule has 2 N–H and O–H groups in total. The standard InChI is InChI=1S/C19H40O4S/c1-2-3-4-5-6-7-8-10-13-16-19(20)17-14-11-9-12-15-18-24(21,22)23/h19-20H,2-18H2,1H3,(H,21,22,23). The first-order chi connectivity index (χ1) is 11.5. The number of hydrogen-bond donors (Lipinski definition) is 2. The number of unbranched alkanes of at least 4 members (excludes halogenated alkanes) is 12. The van der Waals surface area contributed by atoms with Gasteiger partial charge in [0.2, 0.25) is 0 Å². The Morgan fingerprint density at radius 3 is 1.46 bits per heavy atom. The normalized spacial score (nSPS) is 13.3. The summed E-state index contributed by atoms with van der Waals surface area (Å²) in [5.74, 6) is -0.131. The Morgan fingerprint density at radius 2 is 1.04 bits per heavy atom. The van der Waals surface area contributed by atoms with Crippen LogP contribution in [0.3, 0.4) is 0 Å². The molecule has 0 aromatic rings. The third-order valence-electron chi connectivity index (χ3n) is 4.58. The van der Waals surface area contributed by atoms with E-state index in [4.69, 9.17) is 4.55 Å². The van der Waals surface area contributed by atoms with E-state index in [1.54, 1.807) is 0 Å². The molecule has 0 saturated carbocycles. The van der Waals surface area contributed by atoms with Crippen LogP contribution in [0.2, 0.25) is 0 Å². The Hall–Kier alpha value is -0.130. The molecule has 0 heterocycles. The molecule has 1 unspecified atom stereocenters. The van der Waals surface area contributed by atoms with Gasteiger partial charge in [0.25, 0.3) is 10.1 Å². The molecule has 0 saturated heterocycles. The van der Waals surface area contributed by atoms with Crippen LogP contribution < -0.4 is 0 Å². The molecule has 146 valence electrons. The first-order valence-corrected chi connectivity index (χ1v) is 11.7. The maximum atomic E-state index is 10.6. The molecule has 0 radical (unpaired) electrons. The minimum atomic E-state index is -3.79. The zero-order valence-electron chi connectivity index (χ0n) is 15.7. The van der Waals surface area contributed by atoms with Crippen LogP contribution in [-0.4, -0.2) is 29.9 Å². The van der Waals surface area contributed by atoms with Gasteiger partial charge in [-0.3, -0.25) is 4.55 Å². The molecule has 0 aromatic heterocycles. The zero-order valence-corrected chi connectivity index (χ0v) is 16.5. The smallest absolute Gasteiger partial charge is 0.264 e. The van der Waals surface area contributed by atoms with Gasteiger partial charge in [-0.05, 0) is 19.3 Å². The van der Waals surface area contributed by atoms with E-state index in [-0.39, 0.29) is 11.9 Å². The summed E-state index contributed by atoms with van der Waals surface area (Å²) in [6.07, 6.45) is 17.8. The lowest BCUT2D eigenvalue weighted by Gasteiger charge is -2.10. The lowest BCUT2D eigenvalue weighted by Crippen LogP contribution is -2.06. The maximum Gasteiger partial charge on any atom is 0.264 e. The molecule has 24 heavy (non-hydrogen) atoms. The van der Waals surface area contributed by atoms with E-state index in [1.807, 2.05) is 0 Å². The SMILES string of the molecule is CCCCCCCCCCCC(O)CCCCCCCS(=O)(=O)O. The molecule has 1 atom stereocenters. The molecule has 0 aliphatic carbocycles. The van der Waals surface area contributed by atoms with E-state index in [1.165, 1.54) is 51.4 Å². The zero-order chi connectivity index (χ0) is 18.1. The highest BCUT2D eigenvalue weighted by Gasteiger charge is 2.05. The molecule has 0 fully saturated rings. The first-order valence-electron chi connectivity index (χ1n) is 10.1. The molecule has 0 bridgehead atoms. The van der Waals surface area contributed by atoms with Gasteiger partial charge in [0.1, 0.15) is 0 Å². The fourth-order valence-electron chi connectivity index (χ4n) is 3.03. The number of aliphatic hydroxyl groups excluding tert-OH is 1. The van der Waals surface area contributed by atoms with Gasteiger partial charge in [0, 0.05) is 0 Å². The predicted molar refractivity (Wildman–Crippen MR) is 102 cm³/mol. The summed E-state index contributed by atoms with van der Waals surface area (Å²) in [5.41, 5.74) is 0. The minimum Gasteiger partial charge on any atom is -0.393 e. The van der Waals surface area contributed by atoms with Crippen LogP contribution >= 0.6 is 0 Å². The van der Waals surface area contributed by atoms with Crippen molar-refractivity contribution in [3.63, 3.8) is 0 Å².